The summed E-state index contributed by atoms with van der Waals surface area (Å²) >= 11 is 2.05. The first-order valence-electron chi connectivity index (χ1n) is 7.85. The smallest absolute Gasteiger partial charge is 0.191 e. The first-order valence-corrected chi connectivity index (χ1v) is 9.01. The largest absolute Gasteiger partial charge is 0.355 e. The Labute approximate surface area is 160 Å². The normalized spacial score (nSPS) is 16.1. The molecule has 2 N–H and O–H groups in total. The highest BCUT2D eigenvalue weighted by Gasteiger charge is 2.11. The van der Waals surface area contributed by atoms with Crippen LogP contribution in [0.3, 0.4) is 0 Å². The number of aliphatic imine (C=N–C) groups is 1. The zero-order valence-corrected chi connectivity index (χ0v) is 17.7. The van der Waals surface area contributed by atoms with Crippen LogP contribution in [-0.2, 0) is 13.6 Å². The highest BCUT2D eigenvalue weighted by Crippen LogP contribution is 2.11. The minimum Gasteiger partial charge on any atom is -0.355 e. The monoisotopic (exact) mass is 452 g/mol. The highest BCUT2D eigenvalue weighted by atomic mass is 127. The molecular weight excluding hydrogens is 423 g/mol. The first-order chi connectivity index (χ1) is 10.6. The molecule has 0 amide bonds. The molecule has 1 aliphatic rings. The molecule has 0 radical (unpaired) electrons. The van der Waals surface area contributed by atoms with E-state index in [0.717, 1.165) is 31.3 Å². The van der Waals surface area contributed by atoms with Gasteiger partial charge in [0.2, 0.25) is 0 Å². The van der Waals surface area contributed by atoms with E-state index in [1.807, 2.05) is 30.5 Å². The van der Waals surface area contributed by atoms with E-state index in [9.17, 15) is 0 Å². The summed E-state index contributed by atoms with van der Waals surface area (Å²) in [5.74, 6) is 3.37. The summed E-state index contributed by atoms with van der Waals surface area (Å²) in [7, 11) is 3.80. The molecule has 0 spiro atoms. The Bertz CT molecular complexity index is 510. The summed E-state index contributed by atoms with van der Waals surface area (Å²) in [6.45, 7) is 9.31. The fraction of sp³-hybridized carbons (Fsp3) is 0.733. The van der Waals surface area contributed by atoms with Crippen molar-refractivity contribution in [3.05, 3.63) is 17.0 Å². The average Bonchev–Trinajstić information content (AvgIpc) is 2.77. The van der Waals surface area contributed by atoms with Crippen LogP contribution >= 0.6 is 35.7 Å². The third kappa shape index (κ3) is 6.15. The van der Waals surface area contributed by atoms with Crippen LogP contribution in [0, 0.1) is 13.8 Å². The number of hydrogen-bond donors (Lipinski definition) is 2. The average molecular weight is 452 g/mol. The molecule has 1 aliphatic heterocycles. The molecule has 0 aliphatic carbocycles. The van der Waals surface area contributed by atoms with Crippen molar-refractivity contribution in [2.45, 2.75) is 20.4 Å². The van der Waals surface area contributed by atoms with Gasteiger partial charge in [-0.15, -0.1) is 24.0 Å². The summed E-state index contributed by atoms with van der Waals surface area (Å²) in [6, 6.07) is 0. The number of aryl methyl sites for hydroxylation is 2. The number of thioether (sulfide) groups is 1. The molecule has 1 saturated heterocycles. The highest BCUT2D eigenvalue weighted by molar-refractivity contribution is 14.0. The summed E-state index contributed by atoms with van der Waals surface area (Å²) in [5, 5.41) is 11.2. The summed E-state index contributed by atoms with van der Waals surface area (Å²) < 4.78 is 1.93. The van der Waals surface area contributed by atoms with Gasteiger partial charge >= 0.3 is 0 Å². The lowest BCUT2D eigenvalue weighted by Crippen LogP contribution is -2.43. The molecule has 2 heterocycles. The number of nitrogens with one attached hydrogen (secondary N) is 2. The van der Waals surface area contributed by atoms with E-state index in [4.69, 9.17) is 0 Å². The van der Waals surface area contributed by atoms with Gasteiger partial charge in [-0.25, -0.2) is 0 Å². The molecule has 132 valence electrons. The van der Waals surface area contributed by atoms with Gasteiger partial charge in [-0.1, -0.05) is 0 Å². The Morgan fingerprint density at radius 3 is 2.52 bits per heavy atom. The molecule has 8 heteroatoms. The van der Waals surface area contributed by atoms with Crippen molar-refractivity contribution in [2.24, 2.45) is 12.0 Å². The van der Waals surface area contributed by atoms with Gasteiger partial charge in [0.25, 0.3) is 0 Å². The van der Waals surface area contributed by atoms with Crippen molar-refractivity contribution < 1.29 is 0 Å². The van der Waals surface area contributed by atoms with Gasteiger partial charge in [-0.3, -0.25) is 14.6 Å². The van der Waals surface area contributed by atoms with Crippen LogP contribution < -0.4 is 10.6 Å². The second-order valence-corrected chi connectivity index (χ2v) is 6.80. The summed E-state index contributed by atoms with van der Waals surface area (Å²) in [6.07, 6.45) is 0. The molecule has 6 nitrogen and oxygen atoms in total. The molecule has 0 aromatic carbocycles. The van der Waals surface area contributed by atoms with Crippen LogP contribution in [-0.4, -0.2) is 65.4 Å². The number of hydrogen-bond acceptors (Lipinski definition) is 4. The van der Waals surface area contributed by atoms with Crippen molar-refractivity contribution in [3.63, 3.8) is 0 Å². The molecule has 1 aromatic heterocycles. The third-order valence-electron chi connectivity index (χ3n) is 4.14. The van der Waals surface area contributed by atoms with Crippen LogP contribution in [0.15, 0.2) is 4.99 Å². The molecule has 1 aromatic rings. The predicted octanol–water partition coefficient (Wildman–Crippen LogP) is 1.37. The van der Waals surface area contributed by atoms with E-state index in [1.165, 1.54) is 35.9 Å². The fourth-order valence-electron chi connectivity index (χ4n) is 2.62. The van der Waals surface area contributed by atoms with Crippen molar-refractivity contribution >= 4 is 41.7 Å². The van der Waals surface area contributed by atoms with Crippen molar-refractivity contribution in [1.29, 1.82) is 0 Å². The van der Waals surface area contributed by atoms with Crippen molar-refractivity contribution in [2.75, 3.05) is 44.7 Å². The lowest BCUT2D eigenvalue weighted by atomic mass is 10.2. The van der Waals surface area contributed by atoms with Crippen LogP contribution in [0.4, 0.5) is 0 Å². The van der Waals surface area contributed by atoms with E-state index < -0.39 is 0 Å². The van der Waals surface area contributed by atoms with E-state index in [1.54, 1.807) is 0 Å². The SMILES string of the molecule is CN=C(NCCN1CCSCC1)NCc1c(C)nn(C)c1C.I. The molecule has 0 atom stereocenters. The quantitative estimate of drug-likeness (QED) is 0.402. The zero-order valence-electron chi connectivity index (χ0n) is 14.6. The maximum atomic E-state index is 4.45. The first kappa shape index (κ1) is 20.6. The van der Waals surface area contributed by atoms with Crippen LogP contribution in [0.1, 0.15) is 17.0 Å². The van der Waals surface area contributed by atoms with Gasteiger partial charge < -0.3 is 10.6 Å². The number of rotatable bonds is 5. The number of halogens is 1. The minimum atomic E-state index is 0. The Kier molecular flexibility index (Phi) is 9.30. The standard InChI is InChI=1S/C15H28N6S.HI/c1-12-14(13(2)20(4)19-12)11-18-15(16-3)17-5-6-21-7-9-22-10-8-21;/h5-11H2,1-4H3,(H2,16,17,18);1H. The van der Waals surface area contributed by atoms with E-state index in [0.29, 0.717) is 0 Å². The van der Waals surface area contributed by atoms with Gasteiger partial charge in [-0.2, -0.15) is 16.9 Å². The lowest BCUT2D eigenvalue weighted by molar-refractivity contribution is 0.307. The van der Waals surface area contributed by atoms with Gasteiger partial charge in [0.05, 0.1) is 5.69 Å². The topological polar surface area (TPSA) is 57.5 Å². The van der Waals surface area contributed by atoms with Gasteiger partial charge in [0, 0.05) is 69.6 Å². The number of aromatic nitrogens is 2. The molecule has 0 saturated carbocycles. The van der Waals surface area contributed by atoms with Gasteiger partial charge in [0.1, 0.15) is 0 Å². The third-order valence-corrected chi connectivity index (χ3v) is 5.08. The Morgan fingerprint density at radius 2 is 1.96 bits per heavy atom. The Hall–Kier alpha value is -0.480. The van der Waals surface area contributed by atoms with E-state index in [-0.39, 0.29) is 24.0 Å². The number of nitrogens with zero attached hydrogens (tertiary/aromatic N) is 4. The van der Waals surface area contributed by atoms with E-state index in [2.05, 4.69) is 39.5 Å². The summed E-state index contributed by atoms with van der Waals surface area (Å²) in [5.41, 5.74) is 3.53. The van der Waals surface area contributed by atoms with Gasteiger partial charge in [-0.05, 0) is 13.8 Å². The summed E-state index contributed by atoms with van der Waals surface area (Å²) in [4.78, 5) is 6.80. The lowest BCUT2D eigenvalue weighted by Gasteiger charge is -2.26. The van der Waals surface area contributed by atoms with Crippen LogP contribution in [0.2, 0.25) is 0 Å². The Balaban J connectivity index is 0.00000264. The molecule has 1 fully saturated rings. The molecule has 2 rings (SSSR count). The van der Waals surface area contributed by atoms with Crippen molar-refractivity contribution in [3.8, 4) is 0 Å². The molecule has 0 bridgehead atoms. The van der Waals surface area contributed by atoms with E-state index >= 15 is 0 Å². The second kappa shape index (κ2) is 10.4. The van der Waals surface area contributed by atoms with Crippen LogP contribution in [0.25, 0.3) is 0 Å². The van der Waals surface area contributed by atoms with Crippen molar-refractivity contribution in [1.82, 2.24) is 25.3 Å². The maximum Gasteiger partial charge on any atom is 0.191 e. The fourth-order valence-corrected chi connectivity index (χ4v) is 3.60. The van der Waals surface area contributed by atoms with Gasteiger partial charge in [0.15, 0.2) is 5.96 Å². The minimum absolute atomic E-state index is 0. The second-order valence-electron chi connectivity index (χ2n) is 5.58. The Morgan fingerprint density at radius 1 is 1.26 bits per heavy atom. The molecule has 23 heavy (non-hydrogen) atoms. The van der Waals surface area contributed by atoms with Crippen LogP contribution in [0.5, 0.6) is 0 Å². The number of guanidine groups is 1. The molecule has 0 unspecified atom stereocenters. The zero-order chi connectivity index (χ0) is 15.9. The molecular formula is C15H29IN6S. The maximum absolute atomic E-state index is 4.45. The predicted molar refractivity (Wildman–Crippen MR) is 110 cm³/mol.